The summed E-state index contributed by atoms with van der Waals surface area (Å²) >= 11 is 0. The summed E-state index contributed by atoms with van der Waals surface area (Å²) in [6, 6.07) is 15.6. The normalized spacial score (nSPS) is 19.2. The molecule has 0 bridgehead atoms. The third-order valence-corrected chi connectivity index (χ3v) is 7.13. The second-order valence-electron chi connectivity index (χ2n) is 9.13. The molecule has 1 aliphatic heterocycles. The molecule has 0 radical (unpaired) electrons. The van der Waals surface area contributed by atoms with Gasteiger partial charge >= 0.3 is 0 Å². The SMILES string of the molecule is Cc1cccc(C(=O)N2CCC3(CCC3n3cc(C(=O)NCc4ccccc4)nn3)CC2)n1. The maximum atomic E-state index is 12.9. The van der Waals surface area contributed by atoms with Gasteiger partial charge in [0.2, 0.25) is 0 Å². The highest BCUT2D eigenvalue weighted by molar-refractivity contribution is 5.92. The topological polar surface area (TPSA) is 93.0 Å². The molecule has 1 N–H and O–H groups in total. The van der Waals surface area contributed by atoms with Crippen LogP contribution in [0.1, 0.15) is 64.0 Å². The minimum absolute atomic E-state index is 0.00236. The zero-order valence-electron chi connectivity index (χ0n) is 18.8. The lowest BCUT2D eigenvalue weighted by molar-refractivity contribution is -0.0269. The largest absolute Gasteiger partial charge is 0.347 e. The van der Waals surface area contributed by atoms with Crippen molar-refractivity contribution in [3.63, 3.8) is 0 Å². The smallest absolute Gasteiger partial charge is 0.273 e. The van der Waals surface area contributed by atoms with Gasteiger partial charge in [-0.05, 0) is 55.7 Å². The van der Waals surface area contributed by atoms with E-state index in [0.717, 1.165) is 36.9 Å². The van der Waals surface area contributed by atoms with Crippen LogP contribution in [0.25, 0.3) is 0 Å². The van der Waals surface area contributed by atoms with Crippen LogP contribution in [0, 0.1) is 12.3 Å². The lowest BCUT2D eigenvalue weighted by Crippen LogP contribution is -2.51. The van der Waals surface area contributed by atoms with E-state index in [1.54, 1.807) is 12.3 Å². The Kier molecular flexibility index (Phi) is 5.66. The van der Waals surface area contributed by atoms with Crippen molar-refractivity contribution >= 4 is 11.8 Å². The van der Waals surface area contributed by atoms with Crippen molar-refractivity contribution in [3.8, 4) is 0 Å². The number of carbonyl (C=O) groups is 2. The molecule has 8 nitrogen and oxygen atoms in total. The molecule has 2 aliphatic rings. The number of amides is 2. The van der Waals surface area contributed by atoms with E-state index >= 15 is 0 Å². The summed E-state index contributed by atoms with van der Waals surface area (Å²) in [7, 11) is 0. The standard InChI is InChI=1S/C25H28N6O2/c1-18-6-5-9-20(27-18)24(33)30-14-12-25(13-15-30)11-10-22(25)31-17-21(28-29-31)23(32)26-16-19-7-3-2-4-8-19/h2-9,17,22H,10-16H2,1H3,(H,26,32). The quantitative estimate of drug-likeness (QED) is 0.653. The van der Waals surface area contributed by atoms with Crippen LogP contribution >= 0.6 is 0 Å². The van der Waals surface area contributed by atoms with Crippen LogP contribution in [-0.2, 0) is 6.54 Å². The molecule has 1 aliphatic carbocycles. The van der Waals surface area contributed by atoms with Gasteiger partial charge in [0.15, 0.2) is 5.69 Å². The van der Waals surface area contributed by atoms with Gasteiger partial charge in [-0.2, -0.15) is 0 Å². The van der Waals surface area contributed by atoms with Gasteiger partial charge in [-0.1, -0.05) is 41.6 Å². The Labute approximate surface area is 193 Å². The van der Waals surface area contributed by atoms with Gasteiger partial charge < -0.3 is 10.2 Å². The number of hydrogen-bond donors (Lipinski definition) is 1. The van der Waals surface area contributed by atoms with Crippen LogP contribution in [0.2, 0.25) is 0 Å². The maximum absolute atomic E-state index is 12.9. The molecule has 1 spiro atoms. The summed E-state index contributed by atoms with van der Waals surface area (Å²) in [5.41, 5.74) is 2.86. The van der Waals surface area contributed by atoms with Crippen LogP contribution in [0.3, 0.4) is 0 Å². The molecular weight excluding hydrogens is 416 g/mol. The average molecular weight is 445 g/mol. The summed E-state index contributed by atoms with van der Waals surface area (Å²) in [5, 5.41) is 11.3. The van der Waals surface area contributed by atoms with Crippen LogP contribution in [0.4, 0.5) is 0 Å². The number of pyridine rings is 1. The number of benzene rings is 1. The minimum Gasteiger partial charge on any atom is -0.347 e. The number of aryl methyl sites for hydroxylation is 1. The molecule has 2 aromatic heterocycles. The molecule has 1 atom stereocenters. The number of piperidine rings is 1. The van der Waals surface area contributed by atoms with Gasteiger partial charge in [0.25, 0.3) is 11.8 Å². The number of aromatic nitrogens is 4. The van der Waals surface area contributed by atoms with Crippen LogP contribution in [0.5, 0.6) is 0 Å². The molecule has 170 valence electrons. The molecule has 1 saturated heterocycles. The molecule has 1 saturated carbocycles. The van der Waals surface area contributed by atoms with Crippen LogP contribution < -0.4 is 5.32 Å². The molecule has 5 rings (SSSR count). The van der Waals surface area contributed by atoms with Crippen LogP contribution in [-0.4, -0.2) is 49.8 Å². The Hall–Kier alpha value is -3.55. The number of nitrogens with one attached hydrogen (secondary N) is 1. The fourth-order valence-corrected chi connectivity index (χ4v) is 5.06. The monoisotopic (exact) mass is 444 g/mol. The lowest BCUT2D eigenvalue weighted by Gasteiger charge is -2.53. The zero-order valence-corrected chi connectivity index (χ0v) is 18.8. The number of likely N-dealkylation sites (tertiary alicyclic amines) is 1. The first-order valence-electron chi connectivity index (χ1n) is 11.5. The minimum atomic E-state index is -0.218. The molecule has 2 fully saturated rings. The van der Waals surface area contributed by atoms with Crippen molar-refractivity contribution in [1.82, 2.24) is 30.2 Å². The Morgan fingerprint density at radius 2 is 1.82 bits per heavy atom. The first-order chi connectivity index (χ1) is 16.0. The van der Waals surface area contributed by atoms with Crippen molar-refractivity contribution in [2.75, 3.05) is 13.1 Å². The summed E-state index contributed by atoms with van der Waals surface area (Å²) in [6.45, 7) is 3.78. The molecular formula is C25H28N6O2. The van der Waals surface area contributed by atoms with Crippen molar-refractivity contribution < 1.29 is 9.59 Å². The third kappa shape index (κ3) is 4.25. The zero-order chi connectivity index (χ0) is 22.8. The Bertz CT molecular complexity index is 1150. The van der Waals surface area contributed by atoms with E-state index in [9.17, 15) is 9.59 Å². The van der Waals surface area contributed by atoms with Gasteiger partial charge in [0.1, 0.15) is 5.69 Å². The van der Waals surface area contributed by atoms with Gasteiger partial charge in [-0.3, -0.25) is 9.59 Å². The molecule has 3 heterocycles. The first-order valence-corrected chi connectivity index (χ1v) is 11.5. The second kappa shape index (κ2) is 8.77. The number of nitrogens with zero attached hydrogens (tertiary/aromatic N) is 5. The van der Waals surface area contributed by atoms with Crippen molar-refractivity contribution in [1.29, 1.82) is 0 Å². The van der Waals surface area contributed by atoms with Crippen molar-refractivity contribution in [3.05, 3.63) is 77.4 Å². The molecule has 33 heavy (non-hydrogen) atoms. The van der Waals surface area contributed by atoms with Crippen LogP contribution in [0.15, 0.2) is 54.7 Å². The summed E-state index contributed by atoms with van der Waals surface area (Å²) in [4.78, 5) is 31.7. The molecule has 2 amide bonds. The van der Waals surface area contributed by atoms with E-state index < -0.39 is 0 Å². The lowest BCUT2D eigenvalue weighted by atomic mass is 9.59. The Morgan fingerprint density at radius 3 is 2.52 bits per heavy atom. The van der Waals surface area contributed by atoms with E-state index in [4.69, 9.17) is 0 Å². The highest BCUT2D eigenvalue weighted by Crippen LogP contribution is 2.56. The van der Waals surface area contributed by atoms with Gasteiger partial charge in [-0.25, -0.2) is 9.67 Å². The van der Waals surface area contributed by atoms with Crippen molar-refractivity contribution in [2.24, 2.45) is 5.41 Å². The van der Waals surface area contributed by atoms with E-state index in [1.165, 1.54) is 0 Å². The maximum Gasteiger partial charge on any atom is 0.273 e. The first kappa shape index (κ1) is 21.3. The summed E-state index contributed by atoms with van der Waals surface area (Å²) in [5.74, 6) is -0.216. The highest BCUT2D eigenvalue weighted by atomic mass is 16.2. The highest BCUT2D eigenvalue weighted by Gasteiger charge is 2.50. The average Bonchev–Trinajstić information content (AvgIpc) is 3.31. The Morgan fingerprint density at radius 1 is 1.03 bits per heavy atom. The number of rotatable bonds is 5. The van der Waals surface area contributed by atoms with E-state index in [1.807, 2.05) is 59.0 Å². The predicted octanol–water partition coefficient (Wildman–Crippen LogP) is 3.17. The molecule has 1 aromatic carbocycles. The summed E-state index contributed by atoms with van der Waals surface area (Å²) in [6.07, 6.45) is 5.73. The molecule has 8 heteroatoms. The third-order valence-electron chi connectivity index (χ3n) is 7.13. The van der Waals surface area contributed by atoms with Gasteiger partial charge in [0.05, 0.1) is 12.2 Å². The molecule has 3 aromatic rings. The Balaban J connectivity index is 1.19. The predicted molar refractivity (Wildman–Crippen MR) is 122 cm³/mol. The van der Waals surface area contributed by atoms with Gasteiger partial charge in [0, 0.05) is 25.3 Å². The second-order valence-corrected chi connectivity index (χ2v) is 9.13. The fraction of sp³-hybridized carbons (Fsp3) is 0.400. The molecule has 1 unspecified atom stereocenters. The summed E-state index contributed by atoms with van der Waals surface area (Å²) < 4.78 is 1.86. The van der Waals surface area contributed by atoms with Crippen molar-refractivity contribution in [2.45, 2.75) is 45.2 Å². The van der Waals surface area contributed by atoms with E-state index in [2.05, 4.69) is 20.6 Å². The number of carbonyl (C=O) groups excluding carboxylic acids is 2. The van der Waals surface area contributed by atoms with E-state index in [-0.39, 0.29) is 23.3 Å². The number of hydrogen-bond acceptors (Lipinski definition) is 5. The van der Waals surface area contributed by atoms with Gasteiger partial charge in [-0.15, -0.1) is 5.10 Å². The van der Waals surface area contributed by atoms with E-state index in [0.29, 0.717) is 31.0 Å². The fourth-order valence-electron chi connectivity index (χ4n) is 5.06.